The number of rotatable bonds is 3. The molecule has 0 unspecified atom stereocenters. The minimum atomic E-state index is 0.157. The largest absolute Gasteiger partial charge is 0.307 e. The third-order valence-electron chi connectivity index (χ3n) is 2.90. The summed E-state index contributed by atoms with van der Waals surface area (Å²) in [6, 6.07) is 0. The van der Waals surface area contributed by atoms with E-state index in [1.54, 1.807) is 4.57 Å². The first kappa shape index (κ1) is 10.9. The van der Waals surface area contributed by atoms with Crippen molar-refractivity contribution in [3.05, 3.63) is 21.2 Å². The van der Waals surface area contributed by atoms with Crippen molar-refractivity contribution in [1.29, 1.82) is 0 Å². The second kappa shape index (κ2) is 4.92. The second-order valence-electron chi connectivity index (χ2n) is 4.01. The van der Waals surface area contributed by atoms with E-state index in [0.29, 0.717) is 0 Å². The molecule has 1 saturated heterocycles. The Labute approximate surface area is 93.7 Å². The molecule has 0 radical (unpaired) electrons. The molecule has 0 amide bonds. The van der Waals surface area contributed by atoms with Gasteiger partial charge in [0, 0.05) is 50.8 Å². The lowest BCUT2D eigenvalue weighted by atomic mass is 10.3. The molecule has 2 rings (SSSR count). The highest BCUT2D eigenvalue weighted by molar-refractivity contribution is 7.07. The second-order valence-corrected chi connectivity index (χ2v) is 4.86. The number of thiazole rings is 1. The van der Waals surface area contributed by atoms with Crippen molar-refractivity contribution in [3.8, 4) is 0 Å². The number of piperazine rings is 1. The lowest BCUT2D eigenvalue weighted by molar-refractivity contribution is 0.150. The highest BCUT2D eigenvalue weighted by atomic mass is 32.1. The molecular formula is C10H17N3OS. The van der Waals surface area contributed by atoms with Crippen LogP contribution in [0.1, 0.15) is 0 Å². The molecule has 0 aliphatic carbocycles. The Morgan fingerprint density at radius 2 is 2.00 bits per heavy atom. The summed E-state index contributed by atoms with van der Waals surface area (Å²) in [4.78, 5) is 16.2. The summed E-state index contributed by atoms with van der Waals surface area (Å²) >= 11 is 1.27. The number of aromatic nitrogens is 1. The van der Waals surface area contributed by atoms with Crippen LogP contribution in [0.15, 0.2) is 16.4 Å². The number of likely N-dealkylation sites (N-methyl/N-ethyl adjacent to an activating group) is 1. The van der Waals surface area contributed by atoms with Gasteiger partial charge in [0.2, 0.25) is 0 Å². The Balaban J connectivity index is 1.79. The highest BCUT2D eigenvalue weighted by Crippen LogP contribution is 1.99. The van der Waals surface area contributed by atoms with Crippen molar-refractivity contribution in [2.24, 2.45) is 0 Å². The van der Waals surface area contributed by atoms with E-state index in [1.165, 1.54) is 11.3 Å². The van der Waals surface area contributed by atoms with Crippen LogP contribution >= 0.6 is 11.3 Å². The highest BCUT2D eigenvalue weighted by Gasteiger charge is 2.13. The van der Waals surface area contributed by atoms with Gasteiger partial charge < -0.3 is 9.47 Å². The van der Waals surface area contributed by atoms with Gasteiger partial charge in [0.15, 0.2) is 0 Å². The monoisotopic (exact) mass is 227 g/mol. The van der Waals surface area contributed by atoms with E-state index in [2.05, 4.69) is 16.8 Å². The zero-order valence-electron chi connectivity index (χ0n) is 9.06. The first-order valence-corrected chi connectivity index (χ1v) is 6.18. The normalized spacial score (nSPS) is 19.5. The van der Waals surface area contributed by atoms with Gasteiger partial charge in [-0.25, -0.2) is 0 Å². The lowest BCUT2D eigenvalue weighted by Crippen LogP contribution is -2.45. The Morgan fingerprint density at radius 1 is 1.27 bits per heavy atom. The predicted molar refractivity (Wildman–Crippen MR) is 62.5 cm³/mol. The first-order valence-electron chi connectivity index (χ1n) is 5.30. The Bertz CT molecular complexity index is 352. The maximum atomic E-state index is 11.3. The molecule has 1 fully saturated rings. The zero-order chi connectivity index (χ0) is 10.7. The van der Waals surface area contributed by atoms with Crippen LogP contribution in [0.4, 0.5) is 0 Å². The van der Waals surface area contributed by atoms with Crippen molar-refractivity contribution in [3.63, 3.8) is 0 Å². The van der Waals surface area contributed by atoms with Crippen LogP contribution in [0, 0.1) is 0 Å². The van der Waals surface area contributed by atoms with Gasteiger partial charge in [-0.05, 0) is 7.05 Å². The third kappa shape index (κ3) is 2.90. The third-order valence-corrected chi connectivity index (χ3v) is 3.59. The molecule has 0 N–H and O–H groups in total. The van der Waals surface area contributed by atoms with Crippen LogP contribution < -0.4 is 4.87 Å². The van der Waals surface area contributed by atoms with E-state index in [-0.39, 0.29) is 4.87 Å². The molecule has 1 aromatic rings. The quantitative estimate of drug-likeness (QED) is 0.736. The van der Waals surface area contributed by atoms with E-state index < -0.39 is 0 Å². The van der Waals surface area contributed by atoms with Gasteiger partial charge in [0.05, 0.1) is 0 Å². The van der Waals surface area contributed by atoms with Crippen molar-refractivity contribution >= 4 is 11.3 Å². The lowest BCUT2D eigenvalue weighted by Gasteiger charge is -2.32. The molecular weight excluding hydrogens is 210 g/mol. The summed E-state index contributed by atoms with van der Waals surface area (Å²) in [6.07, 6.45) is 1.88. The summed E-state index contributed by atoms with van der Waals surface area (Å²) in [5.41, 5.74) is 0. The molecule has 0 aromatic carbocycles. The van der Waals surface area contributed by atoms with Gasteiger partial charge in [-0.15, -0.1) is 0 Å². The number of nitrogens with zero attached hydrogens (tertiary/aromatic N) is 3. The number of hydrogen-bond donors (Lipinski definition) is 0. The van der Waals surface area contributed by atoms with Crippen molar-refractivity contribution < 1.29 is 0 Å². The fraction of sp³-hybridized carbons (Fsp3) is 0.700. The summed E-state index contributed by atoms with van der Waals surface area (Å²) in [5, 5.41) is 1.85. The molecule has 2 heterocycles. The maximum absolute atomic E-state index is 11.3. The van der Waals surface area contributed by atoms with E-state index in [1.807, 2.05) is 11.6 Å². The Morgan fingerprint density at radius 3 is 2.60 bits per heavy atom. The standard InChI is InChI=1S/C10H17N3OS/c1-11-2-4-12(5-3-11)6-7-13-8-9-15-10(13)14/h8-9H,2-7H2,1H3. The molecule has 0 bridgehead atoms. The predicted octanol–water partition coefficient (Wildman–Crippen LogP) is 0.157. The van der Waals surface area contributed by atoms with Gasteiger partial charge in [-0.3, -0.25) is 9.69 Å². The van der Waals surface area contributed by atoms with Crippen LogP contribution in [0.25, 0.3) is 0 Å². The van der Waals surface area contributed by atoms with Gasteiger partial charge in [0.25, 0.3) is 0 Å². The van der Waals surface area contributed by atoms with Crippen molar-refractivity contribution in [2.75, 3.05) is 39.8 Å². The Hall–Kier alpha value is -0.650. The average Bonchev–Trinajstić information content (AvgIpc) is 2.63. The summed E-state index contributed by atoms with van der Waals surface area (Å²) < 4.78 is 1.79. The summed E-state index contributed by atoms with van der Waals surface area (Å²) in [7, 11) is 2.15. The van der Waals surface area contributed by atoms with Crippen LogP contribution in [0.2, 0.25) is 0 Å². The Kier molecular flexibility index (Phi) is 3.56. The van der Waals surface area contributed by atoms with E-state index in [0.717, 1.165) is 39.3 Å². The molecule has 0 atom stereocenters. The van der Waals surface area contributed by atoms with Crippen LogP contribution in [-0.4, -0.2) is 54.1 Å². The molecule has 1 aliphatic rings. The van der Waals surface area contributed by atoms with E-state index >= 15 is 0 Å². The van der Waals surface area contributed by atoms with Gasteiger partial charge in [0.1, 0.15) is 0 Å². The molecule has 5 heteroatoms. The molecule has 1 aromatic heterocycles. The zero-order valence-corrected chi connectivity index (χ0v) is 9.87. The van der Waals surface area contributed by atoms with E-state index in [9.17, 15) is 4.79 Å². The first-order chi connectivity index (χ1) is 7.25. The molecule has 1 aliphatic heterocycles. The average molecular weight is 227 g/mol. The van der Waals surface area contributed by atoms with Gasteiger partial charge in [-0.2, -0.15) is 0 Å². The van der Waals surface area contributed by atoms with Crippen molar-refractivity contribution in [2.45, 2.75) is 6.54 Å². The fourth-order valence-electron chi connectivity index (χ4n) is 1.78. The molecule has 4 nitrogen and oxygen atoms in total. The molecule has 84 valence electrons. The van der Waals surface area contributed by atoms with Gasteiger partial charge in [-0.1, -0.05) is 11.3 Å². The van der Waals surface area contributed by atoms with Crippen molar-refractivity contribution in [1.82, 2.24) is 14.4 Å². The summed E-state index contributed by atoms with van der Waals surface area (Å²) in [5.74, 6) is 0. The maximum Gasteiger partial charge on any atom is 0.307 e. The molecule has 0 spiro atoms. The van der Waals surface area contributed by atoms with Crippen LogP contribution in [0.5, 0.6) is 0 Å². The molecule has 0 saturated carbocycles. The SMILES string of the molecule is CN1CCN(CCn2ccsc2=O)CC1. The fourth-order valence-corrected chi connectivity index (χ4v) is 2.39. The van der Waals surface area contributed by atoms with Gasteiger partial charge >= 0.3 is 4.87 Å². The van der Waals surface area contributed by atoms with Crippen LogP contribution in [0.3, 0.4) is 0 Å². The molecule has 15 heavy (non-hydrogen) atoms. The number of hydrogen-bond acceptors (Lipinski definition) is 4. The minimum absolute atomic E-state index is 0.157. The van der Waals surface area contributed by atoms with E-state index in [4.69, 9.17) is 0 Å². The minimum Gasteiger partial charge on any atom is -0.305 e. The van der Waals surface area contributed by atoms with Crippen LogP contribution in [-0.2, 0) is 6.54 Å². The summed E-state index contributed by atoms with van der Waals surface area (Å²) in [6.45, 7) is 6.33. The smallest absolute Gasteiger partial charge is 0.305 e. The topological polar surface area (TPSA) is 28.5 Å².